The monoisotopic (exact) mass is 186 g/mol. The molecule has 1 aromatic heterocycles. The lowest BCUT2D eigenvalue weighted by Crippen LogP contribution is -2.27. The Kier molecular flexibility index (Phi) is 3.65. The third-order valence-corrected chi connectivity index (χ3v) is 2.27. The van der Waals surface area contributed by atoms with E-state index in [-0.39, 0.29) is 6.10 Å². The molecule has 1 heterocycles. The number of aromatic nitrogens is 1. The van der Waals surface area contributed by atoms with Crippen molar-refractivity contribution in [2.45, 2.75) is 12.5 Å². The van der Waals surface area contributed by atoms with Crippen LogP contribution < -0.4 is 0 Å². The second-order valence-corrected chi connectivity index (χ2v) is 4.03. The minimum atomic E-state index is -0.300. The molecule has 68 valence electrons. The summed E-state index contributed by atoms with van der Waals surface area (Å²) in [6, 6.07) is 0. The maximum Gasteiger partial charge on any atom is 0.0951 e. The maximum atomic E-state index is 9.52. The average Bonchev–Trinajstić information content (AvgIpc) is 2.37. The van der Waals surface area contributed by atoms with Gasteiger partial charge < -0.3 is 10.0 Å². The van der Waals surface area contributed by atoms with Gasteiger partial charge in [0.1, 0.15) is 0 Å². The quantitative estimate of drug-likeness (QED) is 0.748. The van der Waals surface area contributed by atoms with E-state index in [2.05, 4.69) is 4.98 Å². The van der Waals surface area contributed by atoms with Crippen molar-refractivity contribution in [1.29, 1.82) is 0 Å². The average molecular weight is 186 g/mol. The number of rotatable bonds is 4. The van der Waals surface area contributed by atoms with Gasteiger partial charge in [0.2, 0.25) is 0 Å². The highest BCUT2D eigenvalue weighted by atomic mass is 32.1. The summed E-state index contributed by atoms with van der Waals surface area (Å²) < 4.78 is 0. The Labute approximate surface area is 76.7 Å². The summed E-state index contributed by atoms with van der Waals surface area (Å²) in [7, 11) is 3.90. The number of nitrogens with zero attached hydrogens (tertiary/aromatic N) is 2. The molecule has 1 rings (SSSR count). The fraction of sp³-hybridized carbons (Fsp3) is 0.625. The number of aliphatic hydroxyl groups excluding tert-OH is 1. The predicted octanol–water partition coefficient (Wildman–Crippen LogP) is 0.608. The summed E-state index contributed by atoms with van der Waals surface area (Å²) in [5, 5.41) is 12.4. The predicted molar refractivity (Wildman–Crippen MR) is 50.4 cm³/mol. The fourth-order valence-corrected chi connectivity index (χ4v) is 1.73. The molecule has 0 aliphatic carbocycles. The summed E-state index contributed by atoms with van der Waals surface area (Å²) in [6.07, 6.45) is 2.13. The van der Waals surface area contributed by atoms with E-state index in [1.165, 1.54) is 0 Å². The Hall–Kier alpha value is -0.450. The van der Waals surface area contributed by atoms with Gasteiger partial charge in [-0.15, -0.1) is 11.3 Å². The Morgan fingerprint density at radius 1 is 1.67 bits per heavy atom. The van der Waals surface area contributed by atoms with Crippen LogP contribution in [0.5, 0.6) is 0 Å². The molecule has 0 aliphatic rings. The van der Waals surface area contributed by atoms with Gasteiger partial charge in [0, 0.05) is 24.5 Å². The zero-order valence-electron chi connectivity index (χ0n) is 7.40. The summed E-state index contributed by atoms with van der Waals surface area (Å²) >= 11 is 1.59. The molecule has 0 fully saturated rings. The van der Waals surface area contributed by atoms with Crippen LogP contribution in [0.25, 0.3) is 0 Å². The molecule has 1 aromatic rings. The van der Waals surface area contributed by atoms with Crippen LogP contribution in [0, 0.1) is 0 Å². The van der Waals surface area contributed by atoms with Crippen LogP contribution in [0.2, 0.25) is 0 Å². The van der Waals surface area contributed by atoms with Crippen molar-refractivity contribution in [3.8, 4) is 0 Å². The minimum absolute atomic E-state index is 0.300. The molecule has 1 unspecified atom stereocenters. The van der Waals surface area contributed by atoms with Crippen LogP contribution >= 0.6 is 11.3 Å². The van der Waals surface area contributed by atoms with Crippen molar-refractivity contribution in [1.82, 2.24) is 9.88 Å². The van der Waals surface area contributed by atoms with Crippen LogP contribution in [0.15, 0.2) is 11.6 Å². The van der Waals surface area contributed by atoms with E-state index in [4.69, 9.17) is 0 Å². The topological polar surface area (TPSA) is 36.4 Å². The Morgan fingerprint density at radius 2 is 2.42 bits per heavy atom. The molecule has 1 atom stereocenters. The zero-order chi connectivity index (χ0) is 8.97. The second kappa shape index (κ2) is 4.54. The number of likely N-dealkylation sites (N-methyl/N-ethyl adjacent to an activating group) is 1. The number of hydrogen-bond acceptors (Lipinski definition) is 4. The van der Waals surface area contributed by atoms with Gasteiger partial charge in [0.15, 0.2) is 0 Å². The third-order valence-electron chi connectivity index (χ3n) is 1.47. The van der Waals surface area contributed by atoms with Crippen molar-refractivity contribution < 1.29 is 5.11 Å². The smallest absolute Gasteiger partial charge is 0.0951 e. The van der Waals surface area contributed by atoms with Gasteiger partial charge in [-0.25, -0.2) is 4.98 Å². The summed E-state index contributed by atoms with van der Waals surface area (Å²) in [5.41, 5.74) is 0. The first kappa shape index (κ1) is 9.64. The van der Waals surface area contributed by atoms with Gasteiger partial charge in [0.25, 0.3) is 0 Å². The molecule has 12 heavy (non-hydrogen) atoms. The van der Waals surface area contributed by atoms with Crippen molar-refractivity contribution in [2.75, 3.05) is 20.6 Å². The fourth-order valence-electron chi connectivity index (χ4n) is 1.04. The van der Waals surface area contributed by atoms with E-state index in [1.54, 1.807) is 17.5 Å². The summed E-state index contributed by atoms with van der Waals surface area (Å²) in [5.74, 6) is 0. The van der Waals surface area contributed by atoms with Gasteiger partial charge in [-0.3, -0.25) is 0 Å². The molecule has 0 radical (unpaired) electrons. The maximum absolute atomic E-state index is 9.52. The van der Waals surface area contributed by atoms with Crippen molar-refractivity contribution in [3.05, 3.63) is 16.6 Å². The van der Waals surface area contributed by atoms with Gasteiger partial charge in [0.05, 0.1) is 11.1 Å². The summed E-state index contributed by atoms with van der Waals surface area (Å²) in [6.45, 7) is 0.694. The molecule has 0 amide bonds. The number of thiazole rings is 1. The third kappa shape index (κ3) is 3.30. The van der Waals surface area contributed by atoms with Crippen LogP contribution in [0.3, 0.4) is 0 Å². The number of aliphatic hydroxyl groups is 1. The van der Waals surface area contributed by atoms with E-state index in [0.717, 1.165) is 5.01 Å². The lowest BCUT2D eigenvalue weighted by atomic mass is 10.2. The van der Waals surface area contributed by atoms with Gasteiger partial charge in [-0.2, -0.15) is 0 Å². The van der Waals surface area contributed by atoms with E-state index in [1.807, 2.05) is 24.4 Å². The Balaban J connectivity index is 2.32. The first-order chi connectivity index (χ1) is 5.68. The molecule has 0 spiro atoms. The lowest BCUT2D eigenvalue weighted by Gasteiger charge is -2.14. The normalized spacial score (nSPS) is 13.7. The molecule has 0 saturated carbocycles. The minimum Gasteiger partial charge on any atom is -0.391 e. The second-order valence-electron chi connectivity index (χ2n) is 3.05. The van der Waals surface area contributed by atoms with E-state index in [0.29, 0.717) is 13.0 Å². The molecule has 0 bridgehead atoms. The lowest BCUT2D eigenvalue weighted by molar-refractivity contribution is 0.137. The van der Waals surface area contributed by atoms with Crippen molar-refractivity contribution in [3.63, 3.8) is 0 Å². The highest BCUT2D eigenvalue weighted by Crippen LogP contribution is 2.07. The van der Waals surface area contributed by atoms with Gasteiger partial charge in [-0.05, 0) is 14.1 Å². The highest BCUT2D eigenvalue weighted by Gasteiger charge is 2.07. The van der Waals surface area contributed by atoms with E-state index < -0.39 is 0 Å². The largest absolute Gasteiger partial charge is 0.391 e. The Bertz CT molecular complexity index is 211. The van der Waals surface area contributed by atoms with Gasteiger partial charge >= 0.3 is 0 Å². The molecular formula is C8H14N2OS. The zero-order valence-corrected chi connectivity index (χ0v) is 8.21. The van der Waals surface area contributed by atoms with E-state index in [9.17, 15) is 5.11 Å². The Morgan fingerprint density at radius 3 is 2.92 bits per heavy atom. The van der Waals surface area contributed by atoms with Crippen LogP contribution in [0.1, 0.15) is 5.01 Å². The van der Waals surface area contributed by atoms with E-state index >= 15 is 0 Å². The molecule has 4 heteroatoms. The molecule has 0 aromatic carbocycles. The van der Waals surface area contributed by atoms with Crippen molar-refractivity contribution >= 4 is 11.3 Å². The molecular weight excluding hydrogens is 172 g/mol. The molecule has 1 N–H and O–H groups in total. The molecule has 3 nitrogen and oxygen atoms in total. The van der Waals surface area contributed by atoms with Gasteiger partial charge in [-0.1, -0.05) is 0 Å². The number of hydrogen-bond donors (Lipinski definition) is 1. The highest BCUT2D eigenvalue weighted by molar-refractivity contribution is 7.09. The van der Waals surface area contributed by atoms with Crippen LogP contribution in [-0.4, -0.2) is 41.7 Å². The molecule has 0 saturated heterocycles. The molecule has 0 aliphatic heterocycles. The van der Waals surface area contributed by atoms with Crippen molar-refractivity contribution in [2.24, 2.45) is 0 Å². The van der Waals surface area contributed by atoms with Crippen LogP contribution in [-0.2, 0) is 6.42 Å². The SMILES string of the molecule is CN(C)CC(O)Cc1nccs1. The standard InChI is InChI=1S/C8H14N2OS/c1-10(2)6-7(11)5-8-9-3-4-12-8/h3-4,7,11H,5-6H2,1-2H3. The summed E-state index contributed by atoms with van der Waals surface area (Å²) in [4.78, 5) is 6.07. The first-order valence-electron chi connectivity index (χ1n) is 3.89. The van der Waals surface area contributed by atoms with Crippen LogP contribution in [0.4, 0.5) is 0 Å². The first-order valence-corrected chi connectivity index (χ1v) is 4.77.